The average molecular weight is 210 g/mol. The van der Waals surface area contributed by atoms with E-state index < -0.39 is 0 Å². The molecule has 0 spiro atoms. The molecule has 1 N–H and O–H groups in total. The molecule has 0 aromatic carbocycles. The molecule has 4 nitrogen and oxygen atoms in total. The van der Waals surface area contributed by atoms with Gasteiger partial charge in [0.1, 0.15) is 6.10 Å². The van der Waals surface area contributed by atoms with Gasteiger partial charge in [0, 0.05) is 25.2 Å². The number of piperidine rings is 1. The number of fused-ring (bicyclic) bond motifs is 2. The van der Waals surface area contributed by atoms with E-state index in [2.05, 4.69) is 5.32 Å². The Morgan fingerprint density at radius 3 is 2.33 bits per heavy atom. The van der Waals surface area contributed by atoms with Crippen LogP contribution >= 0.6 is 0 Å². The Hall–Kier alpha value is -0.770. The number of amides is 1. The highest BCUT2D eigenvalue weighted by atomic mass is 16.6. The fourth-order valence-electron chi connectivity index (χ4n) is 2.96. The van der Waals surface area contributed by atoms with Crippen LogP contribution in [0.5, 0.6) is 0 Å². The summed E-state index contributed by atoms with van der Waals surface area (Å²) in [6, 6.07) is 0.952. The quantitative estimate of drug-likeness (QED) is 0.705. The van der Waals surface area contributed by atoms with E-state index in [4.69, 9.17) is 4.74 Å². The van der Waals surface area contributed by atoms with Gasteiger partial charge in [-0.3, -0.25) is 0 Å². The summed E-state index contributed by atoms with van der Waals surface area (Å²) in [5.74, 6) is 0. The predicted octanol–water partition coefficient (Wildman–Crippen LogP) is 1.11. The lowest BCUT2D eigenvalue weighted by molar-refractivity contribution is 0.0206. The molecule has 0 radical (unpaired) electrons. The summed E-state index contributed by atoms with van der Waals surface area (Å²) in [4.78, 5) is 14.0. The van der Waals surface area contributed by atoms with Crippen molar-refractivity contribution in [3.8, 4) is 0 Å². The van der Waals surface area contributed by atoms with Crippen molar-refractivity contribution in [2.45, 2.75) is 50.3 Å². The van der Waals surface area contributed by atoms with Gasteiger partial charge in [0.05, 0.1) is 0 Å². The van der Waals surface area contributed by atoms with Crippen molar-refractivity contribution in [1.29, 1.82) is 0 Å². The molecule has 3 heterocycles. The van der Waals surface area contributed by atoms with Gasteiger partial charge >= 0.3 is 6.09 Å². The zero-order valence-electron chi connectivity index (χ0n) is 8.95. The molecule has 0 aromatic heterocycles. The van der Waals surface area contributed by atoms with Crippen LogP contribution in [0.4, 0.5) is 4.79 Å². The second-order valence-electron chi connectivity index (χ2n) is 4.89. The second-order valence-corrected chi connectivity index (χ2v) is 4.89. The third-order valence-electron chi connectivity index (χ3n) is 3.92. The summed E-state index contributed by atoms with van der Waals surface area (Å²) in [6.07, 6.45) is 6.06. The summed E-state index contributed by atoms with van der Waals surface area (Å²) in [6.45, 7) is 1.66. The van der Waals surface area contributed by atoms with Crippen LogP contribution in [0.1, 0.15) is 32.1 Å². The van der Waals surface area contributed by atoms with Crippen LogP contribution in [0.15, 0.2) is 0 Å². The van der Waals surface area contributed by atoms with Gasteiger partial charge in [0.2, 0.25) is 0 Å². The molecule has 3 aliphatic heterocycles. The van der Waals surface area contributed by atoms with Crippen LogP contribution in [0.25, 0.3) is 0 Å². The van der Waals surface area contributed by atoms with Crippen molar-refractivity contribution in [3.63, 3.8) is 0 Å². The lowest BCUT2D eigenvalue weighted by Gasteiger charge is -2.36. The van der Waals surface area contributed by atoms with Crippen molar-refractivity contribution in [2.24, 2.45) is 0 Å². The van der Waals surface area contributed by atoms with Crippen LogP contribution in [0, 0.1) is 0 Å². The van der Waals surface area contributed by atoms with Crippen molar-refractivity contribution in [3.05, 3.63) is 0 Å². The van der Waals surface area contributed by atoms with Crippen LogP contribution in [0.3, 0.4) is 0 Å². The highest BCUT2D eigenvalue weighted by Crippen LogP contribution is 2.35. The zero-order valence-corrected chi connectivity index (χ0v) is 8.95. The normalized spacial score (nSPS) is 35.1. The van der Waals surface area contributed by atoms with Gasteiger partial charge in [-0.2, -0.15) is 0 Å². The minimum absolute atomic E-state index is 0.0614. The molecule has 0 saturated carbocycles. The van der Waals surface area contributed by atoms with Gasteiger partial charge in [0.15, 0.2) is 0 Å². The maximum atomic E-state index is 11.9. The number of nitrogens with zero attached hydrogens (tertiary/aromatic N) is 1. The Morgan fingerprint density at radius 2 is 1.80 bits per heavy atom. The number of rotatable bonds is 1. The zero-order chi connectivity index (χ0) is 10.3. The molecule has 15 heavy (non-hydrogen) atoms. The molecular weight excluding hydrogens is 192 g/mol. The van der Waals surface area contributed by atoms with E-state index in [0.29, 0.717) is 12.1 Å². The predicted molar refractivity (Wildman–Crippen MR) is 55.6 cm³/mol. The number of hydrogen-bond donors (Lipinski definition) is 1. The molecule has 3 fully saturated rings. The fraction of sp³-hybridized carbons (Fsp3) is 0.909. The molecule has 0 aromatic rings. The van der Waals surface area contributed by atoms with E-state index in [0.717, 1.165) is 13.1 Å². The van der Waals surface area contributed by atoms with Gasteiger partial charge < -0.3 is 15.0 Å². The third-order valence-corrected chi connectivity index (χ3v) is 3.92. The standard InChI is InChI=1S/C11H18N2O2/c14-11(15-10-6-12-7-10)13-8-2-1-3-9(13)5-4-8/h8-10,12H,1-7H2. The number of carbonyl (C=O) groups is 1. The third kappa shape index (κ3) is 1.61. The Balaban J connectivity index is 1.62. The molecular formula is C11H18N2O2. The topological polar surface area (TPSA) is 41.6 Å². The van der Waals surface area contributed by atoms with E-state index >= 15 is 0 Å². The first kappa shape index (κ1) is 9.46. The smallest absolute Gasteiger partial charge is 0.410 e. The number of hydrogen-bond acceptors (Lipinski definition) is 3. The average Bonchev–Trinajstić information content (AvgIpc) is 2.42. The second kappa shape index (κ2) is 3.67. The van der Waals surface area contributed by atoms with Crippen molar-refractivity contribution in [1.82, 2.24) is 10.2 Å². The molecule has 3 aliphatic rings. The minimum atomic E-state index is -0.0614. The van der Waals surface area contributed by atoms with Crippen LogP contribution < -0.4 is 5.32 Å². The SMILES string of the molecule is O=C(OC1CNC1)N1C2CCCC1CC2. The lowest BCUT2D eigenvalue weighted by Crippen LogP contribution is -2.53. The summed E-state index contributed by atoms with van der Waals surface area (Å²) in [5.41, 5.74) is 0. The summed E-state index contributed by atoms with van der Waals surface area (Å²) in [5, 5.41) is 3.11. The van der Waals surface area contributed by atoms with Crippen molar-refractivity contribution >= 4 is 6.09 Å². The monoisotopic (exact) mass is 210 g/mol. The van der Waals surface area contributed by atoms with Gasteiger partial charge in [-0.25, -0.2) is 4.79 Å². The first-order valence-electron chi connectivity index (χ1n) is 6.04. The molecule has 84 valence electrons. The first-order valence-corrected chi connectivity index (χ1v) is 6.04. The van der Waals surface area contributed by atoms with E-state index in [1.807, 2.05) is 4.90 Å². The molecule has 3 saturated heterocycles. The number of nitrogens with one attached hydrogen (secondary N) is 1. The Morgan fingerprint density at radius 1 is 1.13 bits per heavy atom. The first-order chi connectivity index (χ1) is 7.34. The lowest BCUT2D eigenvalue weighted by atomic mass is 10.0. The Labute approximate surface area is 90.0 Å². The van der Waals surface area contributed by atoms with Gasteiger partial charge in [-0.15, -0.1) is 0 Å². The van der Waals surface area contributed by atoms with Crippen LogP contribution in [-0.4, -0.2) is 42.3 Å². The van der Waals surface area contributed by atoms with Gasteiger partial charge in [-0.1, -0.05) is 0 Å². The molecule has 2 unspecified atom stereocenters. The van der Waals surface area contributed by atoms with E-state index in [1.165, 1.54) is 32.1 Å². The molecule has 3 rings (SSSR count). The van der Waals surface area contributed by atoms with E-state index in [-0.39, 0.29) is 12.2 Å². The fourth-order valence-corrected chi connectivity index (χ4v) is 2.96. The summed E-state index contributed by atoms with van der Waals surface area (Å²) in [7, 11) is 0. The van der Waals surface area contributed by atoms with Gasteiger partial charge in [0.25, 0.3) is 0 Å². The van der Waals surface area contributed by atoms with Crippen LogP contribution in [-0.2, 0) is 4.74 Å². The minimum Gasteiger partial charge on any atom is -0.443 e. The Kier molecular flexibility index (Phi) is 2.31. The van der Waals surface area contributed by atoms with Crippen molar-refractivity contribution < 1.29 is 9.53 Å². The number of carbonyl (C=O) groups excluding carboxylic acids is 1. The molecule has 2 atom stereocenters. The largest absolute Gasteiger partial charge is 0.443 e. The molecule has 2 bridgehead atoms. The summed E-state index contributed by atoms with van der Waals surface area (Å²) >= 11 is 0. The molecule has 0 aliphatic carbocycles. The summed E-state index contributed by atoms with van der Waals surface area (Å²) < 4.78 is 5.43. The molecule has 4 heteroatoms. The maximum Gasteiger partial charge on any atom is 0.410 e. The van der Waals surface area contributed by atoms with E-state index in [9.17, 15) is 4.79 Å². The maximum absolute atomic E-state index is 11.9. The van der Waals surface area contributed by atoms with Crippen molar-refractivity contribution in [2.75, 3.05) is 13.1 Å². The number of ether oxygens (including phenoxy) is 1. The van der Waals surface area contributed by atoms with Gasteiger partial charge in [-0.05, 0) is 32.1 Å². The van der Waals surface area contributed by atoms with E-state index in [1.54, 1.807) is 0 Å². The highest BCUT2D eigenvalue weighted by molar-refractivity contribution is 5.69. The Bertz CT molecular complexity index is 249. The molecule has 1 amide bonds. The van der Waals surface area contributed by atoms with Crippen LogP contribution in [0.2, 0.25) is 0 Å². The highest BCUT2D eigenvalue weighted by Gasteiger charge is 2.41.